The van der Waals surface area contributed by atoms with Gasteiger partial charge in [0.2, 0.25) is 0 Å². The lowest BCUT2D eigenvalue weighted by atomic mass is 9.98. The Morgan fingerprint density at radius 2 is 1.95 bits per heavy atom. The minimum absolute atomic E-state index is 0.249. The highest BCUT2D eigenvalue weighted by Crippen LogP contribution is 2.19. The maximum absolute atomic E-state index is 12.9. The summed E-state index contributed by atoms with van der Waals surface area (Å²) in [6, 6.07) is 6.28. The van der Waals surface area contributed by atoms with Crippen molar-refractivity contribution in [3.05, 3.63) is 30.1 Å². The first-order chi connectivity index (χ1) is 9.33. The van der Waals surface area contributed by atoms with E-state index in [4.69, 9.17) is 0 Å². The van der Waals surface area contributed by atoms with Gasteiger partial charge in [-0.05, 0) is 66.5 Å². The standard InChI is InChI=1S/C13H16FN5/c14-12-3-1-11(2-4-12)13-16-17-18-19(13)9-10-5-7-15-8-6-10/h1-4,10,15H,5-9H2. The maximum atomic E-state index is 12.9. The van der Waals surface area contributed by atoms with Crippen molar-refractivity contribution in [2.45, 2.75) is 19.4 Å². The molecule has 0 atom stereocenters. The molecule has 1 saturated heterocycles. The lowest BCUT2D eigenvalue weighted by molar-refractivity contribution is 0.320. The van der Waals surface area contributed by atoms with Crippen LogP contribution in [-0.4, -0.2) is 33.3 Å². The van der Waals surface area contributed by atoms with Gasteiger partial charge < -0.3 is 5.32 Å². The molecule has 1 aromatic heterocycles. The molecule has 3 rings (SSSR count). The van der Waals surface area contributed by atoms with Crippen molar-refractivity contribution in [1.82, 2.24) is 25.5 Å². The lowest BCUT2D eigenvalue weighted by Gasteiger charge is -2.22. The van der Waals surface area contributed by atoms with Crippen LogP contribution >= 0.6 is 0 Å². The smallest absolute Gasteiger partial charge is 0.182 e. The second-order valence-corrected chi connectivity index (χ2v) is 4.88. The van der Waals surface area contributed by atoms with Gasteiger partial charge in [0, 0.05) is 12.1 Å². The van der Waals surface area contributed by atoms with Crippen LogP contribution in [-0.2, 0) is 6.54 Å². The quantitative estimate of drug-likeness (QED) is 0.909. The molecule has 0 spiro atoms. The molecule has 0 saturated carbocycles. The van der Waals surface area contributed by atoms with Crippen LogP contribution in [0.1, 0.15) is 12.8 Å². The number of nitrogens with one attached hydrogen (secondary N) is 1. The molecule has 0 aliphatic carbocycles. The predicted octanol–water partition coefficient (Wildman–Crippen LogP) is 1.48. The van der Waals surface area contributed by atoms with Crippen LogP contribution in [0, 0.1) is 11.7 Å². The highest BCUT2D eigenvalue weighted by Gasteiger charge is 2.17. The molecule has 1 aliphatic heterocycles. The van der Waals surface area contributed by atoms with E-state index in [0.29, 0.717) is 11.7 Å². The van der Waals surface area contributed by atoms with E-state index in [0.717, 1.165) is 38.0 Å². The van der Waals surface area contributed by atoms with Gasteiger partial charge in [-0.25, -0.2) is 9.07 Å². The molecule has 19 heavy (non-hydrogen) atoms. The van der Waals surface area contributed by atoms with Gasteiger partial charge in [-0.1, -0.05) is 0 Å². The van der Waals surface area contributed by atoms with Crippen LogP contribution in [0.15, 0.2) is 24.3 Å². The number of rotatable bonds is 3. The van der Waals surface area contributed by atoms with E-state index >= 15 is 0 Å². The van der Waals surface area contributed by atoms with Crippen LogP contribution in [0.2, 0.25) is 0 Å². The zero-order valence-electron chi connectivity index (χ0n) is 10.6. The second-order valence-electron chi connectivity index (χ2n) is 4.88. The van der Waals surface area contributed by atoms with Crippen molar-refractivity contribution in [2.24, 2.45) is 5.92 Å². The number of aromatic nitrogens is 4. The van der Waals surface area contributed by atoms with Crippen LogP contribution in [0.4, 0.5) is 4.39 Å². The topological polar surface area (TPSA) is 55.6 Å². The first kappa shape index (κ1) is 12.2. The fourth-order valence-electron chi connectivity index (χ4n) is 2.44. The van der Waals surface area contributed by atoms with Crippen LogP contribution < -0.4 is 5.32 Å². The Bertz CT molecular complexity index is 530. The van der Waals surface area contributed by atoms with Gasteiger partial charge >= 0.3 is 0 Å². The third kappa shape index (κ3) is 2.78. The molecular weight excluding hydrogens is 245 g/mol. The molecule has 100 valence electrons. The molecule has 1 fully saturated rings. The van der Waals surface area contributed by atoms with Crippen LogP contribution in [0.25, 0.3) is 11.4 Å². The normalized spacial score (nSPS) is 16.7. The summed E-state index contributed by atoms with van der Waals surface area (Å²) in [4.78, 5) is 0. The molecule has 6 heteroatoms. The summed E-state index contributed by atoms with van der Waals surface area (Å²) in [5.74, 6) is 1.06. The van der Waals surface area contributed by atoms with Crippen molar-refractivity contribution >= 4 is 0 Å². The summed E-state index contributed by atoms with van der Waals surface area (Å²) in [6.07, 6.45) is 2.28. The summed E-state index contributed by atoms with van der Waals surface area (Å²) in [6.45, 7) is 2.93. The van der Waals surface area contributed by atoms with Crippen LogP contribution in [0.3, 0.4) is 0 Å². The number of nitrogens with zero attached hydrogens (tertiary/aromatic N) is 4. The summed E-state index contributed by atoms with van der Waals surface area (Å²) in [5.41, 5.74) is 0.848. The molecule has 1 aromatic carbocycles. The fourth-order valence-corrected chi connectivity index (χ4v) is 2.44. The molecule has 5 nitrogen and oxygen atoms in total. The number of tetrazole rings is 1. The molecule has 0 unspecified atom stereocenters. The van der Waals surface area contributed by atoms with E-state index in [1.54, 1.807) is 12.1 Å². The monoisotopic (exact) mass is 261 g/mol. The summed E-state index contributed by atoms with van der Waals surface area (Å²) in [5, 5.41) is 15.2. The molecule has 2 aromatic rings. The van der Waals surface area contributed by atoms with Crippen molar-refractivity contribution in [1.29, 1.82) is 0 Å². The Balaban J connectivity index is 1.79. The fraction of sp³-hybridized carbons (Fsp3) is 0.462. The summed E-state index contributed by atoms with van der Waals surface area (Å²) >= 11 is 0. The third-order valence-electron chi connectivity index (χ3n) is 3.52. The zero-order chi connectivity index (χ0) is 13.1. The molecule has 0 amide bonds. The zero-order valence-corrected chi connectivity index (χ0v) is 10.6. The molecule has 1 N–H and O–H groups in total. The molecule has 2 heterocycles. The van der Waals surface area contributed by atoms with E-state index in [1.165, 1.54) is 12.1 Å². The van der Waals surface area contributed by atoms with Gasteiger partial charge in [-0.2, -0.15) is 0 Å². The van der Waals surface area contributed by atoms with E-state index in [-0.39, 0.29) is 5.82 Å². The Labute approximate surface area is 110 Å². The Morgan fingerprint density at radius 1 is 1.21 bits per heavy atom. The number of piperidine rings is 1. The molecule has 0 radical (unpaired) electrons. The van der Waals surface area contributed by atoms with Gasteiger partial charge in [-0.15, -0.1) is 5.10 Å². The predicted molar refractivity (Wildman–Crippen MR) is 68.8 cm³/mol. The number of hydrogen-bond donors (Lipinski definition) is 1. The van der Waals surface area contributed by atoms with Gasteiger partial charge in [-0.3, -0.25) is 0 Å². The van der Waals surface area contributed by atoms with Crippen molar-refractivity contribution < 1.29 is 4.39 Å². The lowest BCUT2D eigenvalue weighted by Crippen LogP contribution is -2.30. The Hall–Kier alpha value is -1.82. The maximum Gasteiger partial charge on any atom is 0.182 e. The third-order valence-corrected chi connectivity index (χ3v) is 3.52. The van der Waals surface area contributed by atoms with Crippen molar-refractivity contribution in [3.8, 4) is 11.4 Å². The minimum Gasteiger partial charge on any atom is -0.317 e. The minimum atomic E-state index is -0.249. The summed E-state index contributed by atoms with van der Waals surface area (Å²) in [7, 11) is 0. The first-order valence-corrected chi connectivity index (χ1v) is 6.56. The van der Waals surface area contributed by atoms with Gasteiger partial charge in [0.15, 0.2) is 5.82 Å². The van der Waals surface area contributed by atoms with Crippen molar-refractivity contribution in [2.75, 3.05) is 13.1 Å². The van der Waals surface area contributed by atoms with E-state index < -0.39 is 0 Å². The van der Waals surface area contributed by atoms with Gasteiger partial charge in [0.25, 0.3) is 0 Å². The first-order valence-electron chi connectivity index (χ1n) is 6.56. The number of hydrogen-bond acceptors (Lipinski definition) is 4. The highest BCUT2D eigenvalue weighted by atomic mass is 19.1. The van der Waals surface area contributed by atoms with Crippen LogP contribution in [0.5, 0.6) is 0 Å². The van der Waals surface area contributed by atoms with Gasteiger partial charge in [0.05, 0.1) is 0 Å². The average Bonchev–Trinajstić information content (AvgIpc) is 2.89. The number of benzene rings is 1. The Morgan fingerprint density at radius 3 is 2.68 bits per heavy atom. The van der Waals surface area contributed by atoms with E-state index in [1.807, 2.05) is 4.68 Å². The van der Waals surface area contributed by atoms with Crippen molar-refractivity contribution in [3.63, 3.8) is 0 Å². The second kappa shape index (κ2) is 5.44. The molecule has 0 bridgehead atoms. The summed E-state index contributed by atoms with van der Waals surface area (Å²) < 4.78 is 14.8. The van der Waals surface area contributed by atoms with E-state index in [2.05, 4.69) is 20.8 Å². The average molecular weight is 261 g/mol. The highest BCUT2D eigenvalue weighted by molar-refractivity contribution is 5.54. The molecule has 1 aliphatic rings. The molecular formula is C13H16FN5. The van der Waals surface area contributed by atoms with Gasteiger partial charge in [0.1, 0.15) is 5.82 Å². The SMILES string of the molecule is Fc1ccc(-c2nnnn2CC2CCNCC2)cc1. The number of halogens is 1. The Kier molecular flexibility index (Phi) is 3.50. The van der Waals surface area contributed by atoms with E-state index in [9.17, 15) is 4.39 Å². The largest absolute Gasteiger partial charge is 0.317 e.